The first-order valence-corrected chi connectivity index (χ1v) is 9.40. The van der Waals surface area contributed by atoms with E-state index in [1.54, 1.807) is 6.92 Å². The van der Waals surface area contributed by atoms with Gasteiger partial charge in [0.25, 0.3) is 0 Å². The van der Waals surface area contributed by atoms with Gasteiger partial charge < -0.3 is 20.1 Å². The molecule has 2 atom stereocenters. The number of methoxy groups -OCH3 is 1. The number of benzene rings is 1. The second-order valence-corrected chi connectivity index (χ2v) is 8.49. The minimum atomic E-state index is -0.974. The highest BCUT2D eigenvalue weighted by Gasteiger charge is 2.55. The fourth-order valence-corrected chi connectivity index (χ4v) is 4.53. The third kappa shape index (κ3) is 2.95. The zero-order valence-electron chi connectivity index (χ0n) is 17.5. The molecule has 0 bridgehead atoms. The molecule has 0 unspecified atom stereocenters. The van der Waals surface area contributed by atoms with Gasteiger partial charge in [0.2, 0.25) is 0 Å². The molecule has 3 N–H and O–H groups in total. The number of carbonyl (C=O) groups excluding carboxylic acids is 1. The zero-order valence-corrected chi connectivity index (χ0v) is 17.5. The number of aliphatic carboxylic acids is 1. The normalized spacial score (nSPS) is 24.2. The van der Waals surface area contributed by atoms with Gasteiger partial charge in [-0.15, -0.1) is 0 Å². The number of hydrogen-bond acceptors (Lipinski definition) is 5. The summed E-state index contributed by atoms with van der Waals surface area (Å²) >= 11 is 0. The highest BCUT2D eigenvalue weighted by Crippen LogP contribution is 2.62. The molecule has 28 heavy (non-hydrogen) atoms. The molecule has 0 saturated heterocycles. The van der Waals surface area contributed by atoms with E-state index >= 15 is 0 Å². The average molecular weight is 390 g/mol. The van der Waals surface area contributed by atoms with E-state index in [0.29, 0.717) is 11.1 Å². The van der Waals surface area contributed by atoms with Gasteiger partial charge in [-0.25, -0.2) is 0 Å². The van der Waals surface area contributed by atoms with Crippen LogP contribution in [0.2, 0.25) is 0 Å². The Morgan fingerprint density at radius 3 is 2.25 bits per heavy atom. The van der Waals surface area contributed by atoms with E-state index in [9.17, 15) is 24.9 Å². The predicted molar refractivity (Wildman–Crippen MR) is 107 cm³/mol. The molecule has 0 aliphatic heterocycles. The van der Waals surface area contributed by atoms with Gasteiger partial charge in [-0.3, -0.25) is 9.59 Å². The van der Waals surface area contributed by atoms with Crippen LogP contribution in [0.3, 0.4) is 0 Å². The molecule has 154 valence electrons. The standard InChI is InChI=1S/C22H30O6/c1-11(2)15-18(26)16-13(23)10-22(6,12(3)4)21(5,9-8-14(24)25)17(16)19(27)20(15)28-7/h11,26-27H,3,8-10H2,1-2,4-7H3,(H,24,25)/t21-,22+/m1/s1. The largest absolute Gasteiger partial charge is 0.507 e. The Balaban J connectivity index is 2.99. The number of phenolic OH excluding ortho intramolecular Hbond substituents is 2. The molecule has 0 heterocycles. The van der Waals surface area contributed by atoms with Crippen LogP contribution in [-0.2, 0) is 10.2 Å². The van der Waals surface area contributed by atoms with E-state index in [2.05, 4.69) is 6.58 Å². The van der Waals surface area contributed by atoms with Crippen molar-refractivity contribution in [3.63, 3.8) is 0 Å². The van der Waals surface area contributed by atoms with E-state index in [-0.39, 0.29) is 59.3 Å². The maximum absolute atomic E-state index is 13.1. The second-order valence-electron chi connectivity index (χ2n) is 8.49. The van der Waals surface area contributed by atoms with Crippen LogP contribution >= 0.6 is 0 Å². The number of fused-ring (bicyclic) bond motifs is 1. The van der Waals surface area contributed by atoms with Gasteiger partial charge in [-0.2, -0.15) is 0 Å². The third-order valence-corrected chi connectivity index (χ3v) is 6.56. The number of ether oxygens (including phenoxy) is 1. The molecule has 0 amide bonds. The first-order valence-electron chi connectivity index (χ1n) is 9.40. The van der Waals surface area contributed by atoms with E-state index < -0.39 is 16.8 Å². The summed E-state index contributed by atoms with van der Waals surface area (Å²) in [4.78, 5) is 24.4. The van der Waals surface area contributed by atoms with Gasteiger partial charge in [0.05, 0.1) is 12.7 Å². The number of rotatable bonds is 6. The van der Waals surface area contributed by atoms with Crippen LogP contribution in [0, 0.1) is 5.41 Å². The van der Waals surface area contributed by atoms with Crippen molar-refractivity contribution >= 4 is 11.8 Å². The lowest BCUT2D eigenvalue weighted by atomic mass is 9.51. The van der Waals surface area contributed by atoms with Crippen molar-refractivity contribution in [1.29, 1.82) is 0 Å². The van der Waals surface area contributed by atoms with Crippen molar-refractivity contribution in [2.45, 2.75) is 65.2 Å². The number of carbonyl (C=O) groups is 2. The number of ketones is 1. The van der Waals surface area contributed by atoms with Gasteiger partial charge >= 0.3 is 5.97 Å². The lowest BCUT2D eigenvalue weighted by Crippen LogP contribution is -2.48. The Morgan fingerprint density at radius 2 is 1.82 bits per heavy atom. The second kappa shape index (κ2) is 7.15. The molecule has 0 aromatic heterocycles. The molecule has 0 fully saturated rings. The molecule has 0 spiro atoms. The van der Waals surface area contributed by atoms with Crippen molar-refractivity contribution in [2.75, 3.05) is 7.11 Å². The Hall–Kier alpha value is -2.50. The minimum absolute atomic E-state index is 0.0635. The molecule has 6 heteroatoms. The maximum Gasteiger partial charge on any atom is 0.303 e. The maximum atomic E-state index is 13.1. The smallest absolute Gasteiger partial charge is 0.303 e. The average Bonchev–Trinajstić information content (AvgIpc) is 2.58. The van der Waals surface area contributed by atoms with Crippen LogP contribution in [0.1, 0.15) is 81.3 Å². The summed E-state index contributed by atoms with van der Waals surface area (Å²) < 4.78 is 5.41. The molecule has 6 nitrogen and oxygen atoms in total. The Kier molecular flexibility index (Phi) is 5.57. The number of Topliss-reactive ketones (excluding diaryl/α,β-unsaturated/α-hetero) is 1. The molecule has 1 aliphatic rings. The number of allylic oxidation sites excluding steroid dienone is 1. The fraction of sp³-hybridized carbons (Fsp3) is 0.545. The summed E-state index contributed by atoms with van der Waals surface area (Å²) in [5.41, 5.74) is -0.342. The molecular formula is C22H30O6. The van der Waals surface area contributed by atoms with Gasteiger partial charge in [0, 0.05) is 34.8 Å². The van der Waals surface area contributed by atoms with Crippen molar-refractivity contribution in [3.05, 3.63) is 28.8 Å². The molecule has 0 radical (unpaired) electrons. The summed E-state index contributed by atoms with van der Waals surface area (Å²) in [7, 11) is 1.39. The van der Waals surface area contributed by atoms with E-state index in [1.165, 1.54) is 7.11 Å². The van der Waals surface area contributed by atoms with Gasteiger partial charge in [-0.1, -0.05) is 39.8 Å². The van der Waals surface area contributed by atoms with Crippen molar-refractivity contribution < 1.29 is 29.6 Å². The predicted octanol–water partition coefficient (Wildman–Crippen LogP) is 4.52. The highest BCUT2D eigenvalue weighted by molar-refractivity contribution is 6.04. The first kappa shape index (κ1) is 21.8. The van der Waals surface area contributed by atoms with Gasteiger partial charge in [-0.05, 0) is 19.3 Å². The summed E-state index contributed by atoms with van der Waals surface area (Å²) in [5, 5.41) is 31.4. The number of carboxylic acids is 1. The van der Waals surface area contributed by atoms with E-state index in [1.807, 2.05) is 27.7 Å². The topological polar surface area (TPSA) is 104 Å². The molecule has 0 saturated carbocycles. The molecule has 1 aromatic carbocycles. The summed E-state index contributed by atoms with van der Waals surface area (Å²) in [5.74, 6) is -1.77. The Labute approximate surface area is 165 Å². The fourth-order valence-electron chi connectivity index (χ4n) is 4.53. The zero-order chi connectivity index (χ0) is 21.6. The molecule has 1 aromatic rings. The monoisotopic (exact) mass is 390 g/mol. The van der Waals surface area contributed by atoms with Gasteiger partial charge in [0.15, 0.2) is 17.3 Å². The highest BCUT2D eigenvalue weighted by atomic mass is 16.5. The van der Waals surface area contributed by atoms with Crippen LogP contribution in [0.25, 0.3) is 0 Å². The van der Waals surface area contributed by atoms with Crippen molar-refractivity contribution in [3.8, 4) is 17.2 Å². The first-order chi connectivity index (χ1) is 12.8. The van der Waals surface area contributed by atoms with E-state index in [0.717, 1.165) is 0 Å². The lowest BCUT2D eigenvalue weighted by molar-refractivity contribution is -0.137. The third-order valence-electron chi connectivity index (χ3n) is 6.56. The van der Waals surface area contributed by atoms with E-state index in [4.69, 9.17) is 4.74 Å². The Bertz CT molecular complexity index is 853. The molecule has 2 rings (SSSR count). The van der Waals surface area contributed by atoms with Crippen LogP contribution in [0.15, 0.2) is 12.2 Å². The SMILES string of the molecule is C=C(C)[C@]1(C)CC(=O)c2c(O)c(C(C)C)c(OC)c(O)c2[C@@]1(C)CCC(=O)O. The number of aromatic hydroxyl groups is 2. The minimum Gasteiger partial charge on any atom is -0.507 e. The quantitative estimate of drug-likeness (QED) is 0.487. The van der Waals surface area contributed by atoms with Crippen LogP contribution in [0.4, 0.5) is 0 Å². The van der Waals surface area contributed by atoms with Crippen molar-refractivity contribution in [1.82, 2.24) is 0 Å². The molecular weight excluding hydrogens is 360 g/mol. The summed E-state index contributed by atoms with van der Waals surface area (Å²) in [6, 6.07) is 0. The van der Waals surface area contributed by atoms with Crippen LogP contribution < -0.4 is 4.74 Å². The Morgan fingerprint density at radius 1 is 1.25 bits per heavy atom. The lowest BCUT2D eigenvalue weighted by Gasteiger charge is -2.51. The summed E-state index contributed by atoms with van der Waals surface area (Å²) in [6.07, 6.45) is 0.0902. The summed E-state index contributed by atoms with van der Waals surface area (Å²) in [6.45, 7) is 13.2. The molecule has 1 aliphatic carbocycles. The van der Waals surface area contributed by atoms with Crippen molar-refractivity contribution in [2.24, 2.45) is 5.41 Å². The number of carboxylic acid groups (broad SMARTS) is 1. The van der Waals surface area contributed by atoms with Gasteiger partial charge in [0.1, 0.15) is 5.75 Å². The van der Waals surface area contributed by atoms with Crippen LogP contribution in [0.5, 0.6) is 17.2 Å². The van der Waals surface area contributed by atoms with Crippen LogP contribution in [-0.4, -0.2) is 34.2 Å². The number of phenols is 2. The number of hydrogen-bond donors (Lipinski definition) is 3.